The number of fused-ring (bicyclic) bond motifs is 6. The Labute approximate surface area is 323 Å². The highest BCUT2D eigenvalue weighted by molar-refractivity contribution is 8.01. The van der Waals surface area contributed by atoms with Crippen molar-refractivity contribution in [2.45, 2.75) is 19.6 Å². The van der Waals surface area contributed by atoms with E-state index in [0.717, 1.165) is 55.0 Å². The zero-order chi connectivity index (χ0) is 34.4. The van der Waals surface area contributed by atoms with Crippen LogP contribution in [0.15, 0.2) is 147 Å². The first-order valence-electron chi connectivity index (χ1n) is 17.2. The molecule has 0 saturated heterocycles. The minimum Gasteiger partial charge on any atom is -0.453 e. The van der Waals surface area contributed by atoms with Crippen molar-refractivity contribution in [2.75, 3.05) is 4.90 Å². The summed E-state index contributed by atoms with van der Waals surface area (Å²) in [4.78, 5) is 17.7. The molecule has 9 heteroatoms. The van der Waals surface area contributed by atoms with Crippen LogP contribution in [0.1, 0.15) is 0 Å². The van der Waals surface area contributed by atoms with Crippen LogP contribution in [0.2, 0.25) is 0 Å². The highest BCUT2D eigenvalue weighted by atomic mass is 32.2. The first-order chi connectivity index (χ1) is 26.2. The van der Waals surface area contributed by atoms with Crippen molar-refractivity contribution in [1.29, 1.82) is 0 Å². The van der Waals surface area contributed by atoms with E-state index >= 15 is 0 Å². The van der Waals surface area contributed by atoms with Gasteiger partial charge in [0.2, 0.25) is 0 Å². The summed E-state index contributed by atoms with van der Waals surface area (Å²) in [6.45, 7) is 0. The van der Waals surface area contributed by atoms with Crippen LogP contribution >= 0.6 is 57.5 Å². The maximum absolute atomic E-state index is 6.84. The third-order valence-corrected chi connectivity index (χ3v) is 16.1. The number of hydrogen-bond acceptors (Lipinski definition) is 9. The summed E-state index contributed by atoms with van der Waals surface area (Å²) in [7, 11) is 0. The van der Waals surface area contributed by atoms with Crippen LogP contribution in [0.5, 0.6) is 11.5 Å². The molecule has 0 radical (unpaired) electrons. The second kappa shape index (κ2) is 10.7. The van der Waals surface area contributed by atoms with Crippen molar-refractivity contribution in [1.82, 2.24) is 9.97 Å². The fourth-order valence-corrected chi connectivity index (χ4v) is 14.0. The molecule has 13 rings (SSSR count). The second-order valence-electron chi connectivity index (χ2n) is 13.3. The zero-order valence-electron chi connectivity index (χ0n) is 27.4. The summed E-state index contributed by atoms with van der Waals surface area (Å²) in [6.07, 6.45) is 0. The summed E-state index contributed by atoms with van der Waals surface area (Å²) in [5.41, 5.74) is 10.3. The third kappa shape index (κ3) is 4.08. The van der Waals surface area contributed by atoms with Crippen molar-refractivity contribution < 1.29 is 4.74 Å². The molecule has 3 aliphatic rings. The molecule has 0 unspecified atom stereocenters. The van der Waals surface area contributed by atoms with Crippen molar-refractivity contribution in [2.24, 2.45) is 0 Å². The van der Waals surface area contributed by atoms with Crippen molar-refractivity contribution in [3.05, 3.63) is 127 Å². The molecule has 6 heterocycles. The molecule has 10 aromatic rings. The average Bonchev–Trinajstić information content (AvgIpc) is 3.93. The lowest BCUT2D eigenvalue weighted by Gasteiger charge is -2.43. The number of para-hydroxylation sites is 2. The molecular formula is C44H21N3OS5. The van der Waals surface area contributed by atoms with Gasteiger partial charge in [0, 0.05) is 31.5 Å². The molecule has 0 bridgehead atoms. The van der Waals surface area contributed by atoms with Gasteiger partial charge in [-0.15, -0.1) is 34.0 Å². The van der Waals surface area contributed by atoms with Gasteiger partial charge in [-0.05, 0) is 71.8 Å². The Morgan fingerprint density at radius 2 is 1.11 bits per heavy atom. The van der Waals surface area contributed by atoms with E-state index in [4.69, 9.17) is 14.7 Å². The molecule has 4 nitrogen and oxygen atoms in total. The van der Waals surface area contributed by atoms with Gasteiger partial charge in [-0.1, -0.05) is 90.3 Å². The number of thiazole rings is 2. The van der Waals surface area contributed by atoms with Gasteiger partial charge in [-0.25, -0.2) is 9.97 Å². The number of benzene rings is 7. The third-order valence-electron chi connectivity index (χ3n) is 10.3. The van der Waals surface area contributed by atoms with E-state index in [1.807, 2.05) is 34.9 Å². The number of aromatic nitrogens is 2. The van der Waals surface area contributed by atoms with Gasteiger partial charge in [-0.3, -0.25) is 4.90 Å². The normalized spacial score (nSPS) is 13.6. The molecule has 0 amide bonds. The van der Waals surface area contributed by atoms with Gasteiger partial charge in [0.05, 0.1) is 45.5 Å². The Hall–Kier alpha value is -5.16. The van der Waals surface area contributed by atoms with Crippen LogP contribution in [0.25, 0.3) is 72.9 Å². The van der Waals surface area contributed by atoms with Crippen LogP contribution in [-0.4, -0.2) is 9.97 Å². The predicted molar refractivity (Wildman–Crippen MR) is 225 cm³/mol. The van der Waals surface area contributed by atoms with Gasteiger partial charge in [0.25, 0.3) is 0 Å². The maximum atomic E-state index is 6.84. The summed E-state index contributed by atoms with van der Waals surface area (Å²) in [5.74, 6) is 1.74. The van der Waals surface area contributed by atoms with Gasteiger partial charge in [0.1, 0.15) is 21.4 Å². The van der Waals surface area contributed by atoms with E-state index in [1.165, 1.54) is 66.0 Å². The first-order valence-corrected chi connectivity index (χ1v) is 21.3. The maximum Gasteiger partial charge on any atom is 0.152 e. The number of thiophene rings is 1. The van der Waals surface area contributed by atoms with Crippen LogP contribution in [-0.2, 0) is 0 Å². The van der Waals surface area contributed by atoms with Crippen molar-refractivity contribution in [3.8, 4) is 43.8 Å². The molecule has 0 aliphatic carbocycles. The molecule has 0 atom stereocenters. The Morgan fingerprint density at radius 1 is 0.472 bits per heavy atom. The Balaban J connectivity index is 1.10. The molecule has 0 spiro atoms. The van der Waals surface area contributed by atoms with E-state index in [9.17, 15) is 0 Å². The molecule has 3 aliphatic heterocycles. The lowest BCUT2D eigenvalue weighted by molar-refractivity contribution is 0.473. The lowest BCUT2D eigenvalue weighted by Crippen LogP contribution is -2.23. The number of nitrogens with zero attached hydrogens (tertiary/aromatic N) is 3. The summed E-state index contributed by atoms with van der Waals surface area (Å²) in [5, 5.41) is 4.64. The molecular weight excluding hydrogens is 747 g/mol. The summed E-state index contributed by atoms with van der Waals surface area (Å²) in [6, 6.07) is 45.6. The van der Waals surface area contributed by atoms with Crippen LogP contribution in [0, 0.1) is 0 Å². The topological polar surface area (TPSA) is 38.2 Å². The summed E-state index contributed by atoms with van der Waals surface area (Å²) >= 11 is 9.14. The van der Waals surface area contributed by atoms with E-state index in [-0.39, 0.29) is 0 Å². The zero-order valence-corrected chi connectivity index (χ0v) is 31.5. The number of hydrogen-bond donors (Lipinski definition) is 0. The van der Waals surface area contributed by atoms with E-state index < -0.39 is 0 Å². The monoisotopic (exact) mass is 767 g/mol. The van der Waals surface area contributed by atoms with Crippen molar-refractivity contribution >= 4 is 115 Å². The molecule has 3 aromatic heterocycles. The SMILES string of the molecule is c1ccc(-c2ccc3c(c2)sc2c4c5c(cc23)Sc2c(-c3nc6ccccc6s3)ccc3c2N5c2c(ccc(-c5nc6ccccc6s5)c2S4)O3)cc1. The standard InChI is InChI=1S/C44H21N3OS5/c1-2-8-22(9-3-1)23-14-15-24-27-21-35-38-42(41(27)49-34(24)20-23)53-40-26(44-46-29-11-5-7-13-33(29)52-44)17-19-31-37(40)47(38)36-30(48-31)18-16-25(39(36)50-35)43-45-28-10-4-6-12-32(28)51-43/h1-21H. The van der Waals surface area contributed by atoms with E-state index in [2.05, 4.69) is 132 Å². The molecule has 0 saturated carbocycles. The molecule has 248 valence electrons. The quantitative estimate of drug-likeness (QED) is 0.178. The van der Waals surface area contributed by atoms with Gasteiger partial charge < -0.3 is 4.74 Å². The largest absolute Gasteiger partial charge is 0.453 e. The highest BCUT2D eigenvalue weighted by Crippen LogP contribution is 2.70. The smallest absolute Gasteiger partial charge is 0.152 e. The summed E-state index contributed by atoms with van der Waals surface area (Å²) < 4.78 is 11.8. The van der Waals surface area contributed by atoms with Crippen LogP contribution < -0.4 is 9.64 Å². The van der Waals surface area contributed by atoms with Crippen LogP contribution in [0.3, 0.4) is 0 Å². The molecule has 0 N–H and O–H groups in total. The second-order valence-corrected chi connectivity index (χ2v) is 18.5. The number of rotatable bonds is 3. The average molecular weight is 768 g/mol. The minimum atomic E-state index is 0.871. The predicted octanol–water partition coefficient (Wildman–Crippen LogP) is 14.8. The minimum absolute atomic E-state index is 0.871. The van der Waals surface area contributed by atoms with E-state index in [0.29, 0.717) is 0 Å². The Bertz CT molecular complexity index is 3150. The number of ether oxygens (including phenoxy) is 1. The van der Waals surface area contributed by atoms with E-state index in [1.54, 1.807) is 22.7 Å². The van der Waals surface area contributed by atoms with Crippen LogP contribution in [0.4, 0.5) is 17.1 Å². The Morgan fingerprint density at radius 3 is 1.79 bits per heavy atom. The first kappa shape index (κ1) is 29.3. The van der Waals surface area contributed by atoms with Gasteiger partial charge in [-0.2, -0.15) is 0 Å². The Kier molecular flexibility index (Phi) is 5.93. The molecule has 7 aromatic carbocycles. The van der Waals surface area contributed by atoms with Gasteiger partial charge >= 0.3 is 0 Å². The van der Waals surface area contributed by atoms with Crippen molar-refractivity contribution in [3.63, 3.8) is 0 Å². The highest BCUT2D eigenvalue weighted by Gasteiger charge is 2.43. The molecule has 53 heavy (non-hydrogen) atoms. The number of anilines is 3. The lowest BCUT2D eigenvalue weighted by atomic mass is 10.0. The molecule has 0 fully saturated rings. The fraction of sp³-hybridized carbons (Fsp3) is 0. The van der Waals surface area contributed by atoms with Gasteiger partial charge in [0.15, 0.2) is 11.5 Å². The fourth-order valence-electron chi connectivity index (χ4n) is 7.92.